The minimum Gasteiger partial charge on any atom is -0.373 e. The van der Waals surface area contributed by atoms with Crippen molar-refractivity contribution in [1.29, 1.82) is 0 Å². The molecule has 0 rings (SSSR count). The zero-order valence-electron chi connectivity index (χ0n) is 22.5. The zero-order chi connectivity index (χ0) is 23.4. The molecule has 0 aromatic carbocycles. The molecule has 0 saturated carbocycles. The topological polar surface area (TPSA) is 27.7 Å². The maximum absolute atomic E-state index is 6.71. The van der Waals surface area contributed by atoms with Gasteiger partial charge in [0, 0.05) is 25.9 Å². The van der Waals surface area contributed by atoms with Crippen molar-refractivity contribution in [1.82, 2.24) is 0 Å². The van der Waals surface area contributed by atoms with Crippen LogP contribution in [0, 0.1) is 17.8 Å². The molecule has 0 aromatic heterocycles. The Balaban J connectivity index is 5.26. The van der Waals surface area contributed by atoms with Crippen molar-refractivity contribution in [3.63, 3.8) is 0 Å². The van der Waals surface area contributed by atoms with E-state index >= 15 is 0 Å². The second-order valence-corrected chi connectivity index (χ2v) is 12.3. The van der Waals surface area contributed by atoms with Crippen LogP contribution in [0.25, 0.3) is 0 Å². The summed E-state index contributed by atoms with van der Waals surface area (Å²) in [4.78, 5) is 0. The van der Waals surface area contributed by atoms with E-state index in [1.165, 1.54) is 77.0 Å². The predicted molar refractivity (Wildman–Crippen MR) is 139 cm³/mol. The van der Waals surface area contributed by atoms with Crippen LogP contribution in [-0.4, -0.2) is 28.6 Å². The van der Waals surface area contributed by atoms with E-state index in [4.69, 9.17) is 13.3 Å². The van der Waals surface area contributed by atoms with Gasteiger partial charge in [-0.15, -0.1) is 0 Å². The average molecular weight is 459 g/mol. The maximum atomic E-state index is 6.71. The normalized spacial score (nSPS) is 16.7. The molecule has 3 nitrogen and oxygen atoms in total. The lowest BCUT2D eigenvalue weighted by molar-refractivity contribution is 0.0243. The van der Waals surface area contributed by atoms with Crippen LogP contribution in [-0.2, 0) is 13.3 Å². The maximum Gasteiger partial charge on any atom is 0.500 e. The van der Waals surface area contributed by atoms with Gasteiger partial charge < -0.3 is 13.3 Å². The van der Waals surface area contributed by atoms with Crippen LogP contribution in [0.4, 0.5) is 0 Å². The van der Waals surface area contributed by atoms with Gasteiger partial charge in [0.15, 0.2) is 0 Å². The smallest absolute Gasteiger partial charge is 0.373 e. The van der Waals surface area contributed by atoms with Gasteiger partial charge in [-0.1, -0.05) is 113 Å². The second kappa shape index (κ2) is 20.7. The molecule has 0 fully saturated rings. The summed E-state index contributed by atoms with van der Waals surface area (Å²) in [5.74, 6) is 1.88. The standard InChI is InChI=1S/C27H58O3Si/c1-8-15-18-25(12-5)22-28-31(21-11-4,29-23-26(13-6)19-16-9-2)30-24-27(14-7)20-17-10-3/h25-27H,8-24H2,1-7H3. The first-order valence-corrected chi connectivity index (χ1v) is 15.9. The Morgan fingerprint density at radius 1 is 0.484 bits per heavy atom. The molecule has 31 heavy (non-hydrogen) atoms. The van der Waals surface area contributed by atoms with E-state index in [1.54, 1.807) is 0 Å². The third kappa shape index (κ3) is 14.8. The summed E-state index contributed by atoms with van der Waals surface area (Å²) in [7, 11) is -2.65. The Morgan fingerprint density at radius 2 is 0.806 bits per heavy atom. The van der Waals surface area contributed by atoms with Crippen LogP contribution in [0.1, 0.15) is 132 Å². The van der Waals surface area contributed by atoms with Gasteiger partial charge in [0.25, 0.3) is 0 Å². The minimum absolute atomic E-state index is 0.625. The molecule has 0 amide bonds. The molecule has 3 atom stereocenters. The van der Waals surface area contributed by atoms with Crippen LogP contribution in [0.2, 0.25) is 6.04 Å². The van der Waals surface area contributed by atoms with Gasteiger partial charge in [-0.05, 0) is 37.0 Å². The first kappa shape index (κ1) is 31.1. The molecule has 0 heterocycles. The lowest BCUT2D eigenvalue weighted by atomic mass is 10.0. The highest BCUT2D eigenvalue weighted by molar-refractivity contribution is 6.60. The molecule has 0 spiro atoms. The van der Waals surface area contributed by atoms with Crippen LogP contribution in [0.3, 0.4) is 0 Å². The molecule has 188 valence electrons. The lowest BCUT2D eigenvalue weighted by Crippen LogP contribution is -2.48. The van der Waals surface area contributed by atoms with Crippen molar-refractivity contribution in [2.24, 2.45) is 17.8 Å². The van der Waals surface area contributed by atoms with E-state index in [1.807, 2.05) is 0 Å². The summed E-state index contributed by atoms with van der Waals surface area (Å²) in [6, 6.07) is 0.950. The van der Waals surface area contributed by atoms with Crippen molar-refractivity contribution < 1.29 is 13.3 Å². The molecule has 0 N–H and O–H groups in total. The third-order valence-corrected chi connectivity index (χ3v) is 9.73. The van der Waals surface area contributed by atoms with E-state index in [2.05, 4.69) is 48.5 Å². The highest BCUT2D eigenvalue weighted by Gasteiger charge is 2.42. The van der Waals surface area contributed by atoms with Crippen LogP contribution in [0.5, 0.6) is 0 Å². The van der Waals surface area contributed by atoms with Crippen molar-refractivity contribution in [2.45, 2.75) is 138 Å². The Labute approximate surface area is 197 Å². The summed E-state index contributed by atoms with van der Waals surface area (Å²) >= 11 is 0. The summed E-state index contributed by atoms with van der Waals surface area (Å²) in [6.45, 7) is 18.4. The summed E-state index contributed by atoms with van der Waals surface area (Å²) in [6.07, 6.45) is 16.0. The van der Waals surface area contributed by atoms with Crippen molar-refractivity contribution in [2.75, 3.05) is 19.8 Å². The van der Waals surface area contributed by atoms with E-state index in [-0.39, 0.29) is 0 Å². The Bertz CT molecular complexity index is 327. The Hall–Kier alpha value is 0.0969. The lowest BCUT2D eigenvalue weighted by Gasteiger charge is -2.33. The molecule has 0 bridgehead atoms. The monoisotopic (exact) mass is 458 g/mol. The fraction of sp³-hybridized carbons (Fsp3) is 1.00. The second-order valence-electron chi connectivity index (χ2n) is 9.62. The average Bonchev–Trinajstić information content (AvgIpc) is 2.79. The number of hydrogen-bond donors (Lipinski definition) is 0. The summed E-state index contributed by atoms with van der Waals surface area (Å²) < 4.78 is 20.1. The fourth-order valence-corrected chi connectivity index (χ4v) is 6.84. The number of hydrogen-bond acceptors (Lipinski definition) is 3. The minimum atomic E-state index is -2.65. The molecule has 0 aliphatic carbocycles. The quantitative estimate of drug-likeness (QED) is 0.143. The zero-order valence-corrected chi connectivity index (χ0v) is 23.5. The van der Waals surface area contributed by atoms with Gasteiger partial charge in [-0.25, -0.2) is 0 Å². The number of rotatable bonds is 23. The van der Waals surface area contributed by atoms with E-state index < -0.39 is 8.80 Å². The van der Waals surface area contributed by atoms with Crippen LogP contribution in [0.15, 0.2) is 0 Å². The third-order valence-electron chi connectivity index (χ3n) is 6.80. The van der Waals surface area contributed by atoms with E-state index in [9.17, 15) is 0 Å². The first-order valence-electron chi connectivity index (χ1n) is 14.0. The molecule has 0 aliphatic rings. The van der Waals surface area contributed by atoms with Crippen LogP contribution < -0.4 is 0 Å². The van der Waals surface area contributed by atoms with Gasteiger partial charge in [0.1, 0.15) is 0 Å². The molecular weight excluding hydrogens is 400 g/mol. The Morgan fingerprint density at radius 3 is 1.03 bits per heavy atom. The van der Waals surface area contributed by atoms with Gasteiger partial charge in [-0.2, -0.15) is 0 Å². The SMILES string of the molecule is CCCCC(CC)CO[Si](CCC)(OCC(CC)CCCC)OCC(CC)CCCC. The molecule has 0 saturated heterocycles. The summed E-state index contributed by atoms with van der Waals surface area (Å²) in [5, 5.41) is 0. The van der Waals surface area contributed by atoms with Crippen LogP contribution >= 0.6 is 0 Å². The first-order chi connectivity index (χ1) is 15.0. The molecular formula is C27H58O3Si. The highest BCUT2D eigenvalue weighted by atomic mass is 28.4. The fourth-order valence-electron chi connectivity index (χ4n) is 4.08. The van der Waals surface area contributed by atoms with Crippen molar-refractivity contribution >= 4 is 8.80 Å². The number of unbranched alkanes of at least 4 members (excludes halogenated alkanes) is 3. The largest absolute Gasteiger partial charge is 0.500 e. The highest BCUT2D eigenvalue weighted by Crippen LogP contribution is 2.26. The van der Waals surface area contributed by atoms with Gasteiger partial charge in [-0.3, -0.25) is 0 Å². The molecule has 0 aliphatic heterocycles. The summed E-state index contributed by atoms with van der Waals surface area (Å²) in [5.41, 5.74) is 0. The van der Waals surface area contributed by atoms with Gasteiger partial charge in [0.2, 0.25) is 0 Å². The van der Waals surface area contributed by atoms with E-state index in [0.29, 0.717) is 17.8 Å². The molecule has 4 heteroatoms. The van der Waals surface area contributed by atoms with Gasteiger partial charge >= 0.3 is 8.80 Å². The van der Waals surface area contributed by atoms with Crippen molar-refractivity contribution in [3.8, 4) is 0 Å². The Kier molecular flexibility index (Phi) is 20.8. The van der Waals surface area contributed by atoms with E-state index in [0.717, 1.165) is 32.3 Å². The van der Waals surface area contributed by atoms with Crippen molar-refractivity contribution in [3.05, 3.63) is 0 Å². The molecule has 0 radical (unpaired) electrons. The van der Waals surface area contributed by atoms with Gasteiger partial charge in [0.05, 0.1) is 0 Å². The molecule has 3 unspecified atom stereocenters. The molecule has 0 aromatic rings. The predicted octanol–water partition coefficient (Wildman–Crippen LogP) is 9.03.